The molecule has 76 valence electrons. The first-order chi connectivity index (χ1) is 6.57. The maximum atomic E-state index is 11.4. The van der Waals surface area contributed by atoms with Crippen molar-refractivity contribution in [2.24, 2.45) is 5.73 Å². The number of primary amides is 1. The molecule has 14 heavy (non-hydrogen) atoms. The Morgan fingerprint density at radius 1 is 1.50 bits per heavy atom. The summed E-state index contributed by atoms with van der Waals surface area (Å²) in [4.78, 5) is 11.8. The molecule has 0 aliphatic carbocycles. The Labute approximate surface area is 85.8 Å². The fourth-order valence-corrected chi connectivity index (χ4v) is 2.30. The highest BCUT2D eigenvalue weighted by atomic mass is 32.2. The van der Waals surface area contributed by atoms with Crippen LogP contribution in [-0.4, -0.2) is 16.4 Å². The number of hydrogen-bond acceptors (Lipinski definition) is 2. The van der Waals surface area contributed by atoms with Crippen LogP contribution in [0.2, 0.25) is 0 Å². The standard InChI is InChI=1S/C10H13NO2S/c1-3-7-8(10(11)12)5-4-6-9(7)14(2)13/h4-6H,3H2,1-2H3,(H2,11,12). The van der Waals surface area contributed by atoms with Crippen molar-refractivity contribution in [2.75, 3.05) is 6.26 Å². The maximum Gasteiger partial charge on any atom is 0.249 e. The van der Waals surface area contributed by atoms with E-state index in [-0.39, 0.29) is 0 Å². The van der Waals surface area contributed by atoms with Gasteiger partial charge in [0.1, 0.15) is 0 Å². The molecular weight excluding hydrogens is 198 g/mol. The highest BCUT2D eigenvalue weighted by molar-refractivity contribution is 7.84. The lowest BCUT2D eigenvalue weighted by molar-refractivity contribution is 0.0999. The average molecular weight is 211 g/mol. The van der Waals surface area contributed by atoms with Crippen LogP contribution in [0.25, 0.3) is 0 Å². The molecule has 3 nitrogen and oxygen atoms in total. The van der Waals surface area contributed by atoms with Gasteiger partial charge in [0.05, 0.1) is 10.8 Å². The largest absolute Gasteiger partial charge is 0.366 e. The zero-order valence-electron chi connectivity index (χ0n) is 8.24. The zero-order chi connectivity index (χ0) is 10.7. The van der Waals surface area contributed by atoms with Crippen molar-refractivity contribution in [1.29, 1.82) is 0 Å². The fourth-order valence-electron chi connectivity index (χ4n) is 1.43. The molecule has 0 aliphatic heterocycles. The summed E-state index contributed by atoms with van der Waals surface area (Å²) in [6, 6.07) is 5.13. The van der Waals surface area contributed by atoms with Gasteiger partial charge in [0, 0.05) is 16.7 Å². The molecule has 1 aromatic carbocycles. The topological polar surface area (TPSA) is 60.2 Å². The van der Waals surface area contributed by atoms with E-state index in [0.29, 0.717) is 16.9 Å². The number of rotatable bonds is 3. The van der Waals surface area contributed by atoms with E-state index in [1.165, 1.54) is 0 Å². The van der Waals surface area contributed by atoms with E-state index in [0.717, 1.165) is 5.56 Å². The van der Waals surface area contributed by atoms with Crippen molar-refractivity contribution >= 4 is 16.7 Å². The molecule has 0 aliphatic rings. The summed E-state index contributed by atoms with van der Waals surface area (Å²) in [6.07, 6.45) is 2.26. The highest BCUT2D eigenvalue weighted by Gasteiger charge is 2.12. The lowest BCUT2D eigenvalue weighted by Gasteiger charge is -2.08. The third kappa shape index (κ3) is 2.01. The van der Waals surface area contributed by atoms with Crippen molar-refractivity contribution in [3.8, 4) is 0 Å². The second kappa shape index (κ2) is 4.37. The van der Waals surface area contributed by atoms with Crippen LogP contribution in [0.15, 0.2) is 23.1 Å². The number of benzene rings is 1. The molecule has 0 aromatic heterocycles. The molecule has 0 bridgehead atoms. The minimum Gasteiger partial charge on any atom is -0.366 e. The van der Waals surface area contributed by atoms with E-state index >= 15 is 0 Å². The van der Waals surface area contributed by atoms with Crippen molar-refractivity contribution in [3.05, 3.63) is 29.3 Å². The smallest absolute Gasteiger partial charge is 0.249 e. The summed E-state index contributed by atoms with van der Waals surface area (Å²) < 4.78 is 11.4. The Morgan fingerprint density at radius 2 is 2.14 bits per heavy atom. The molecule has 1 aromatic rings. The Morgan fingerprint density at radius 3 is 2.57 bits per heavy atom. The van der Waals surface area contributed by atoms with Crippen molar-refractivity contribution in [2.45, 2.75) is 18.2 Å². The second-order valence-electron chi connectivity index (χ2n) is 2.95. The van der Waals surface area contributed by atoms with Gasteiger partial charge in [-0.25, -0.2) is 0 Å². The first kappa shape index (κ1) is 10.9. The maximum absolute atomic E-state index is 11.4. The third-order valence-electron chi connectivity index (χ3n) is 2.06. The summed E-state index contributed by atoms with van der Waals surface area (Å²) in [5.74, 6) is -0.464. The third-order valence-corrected chi connectivity index (χ3v) is 3.06. The van der Waals surface area contributed by atoms with E-state index < -0.39 is 16.7 Å². The predicted molar refractivity (Wildman–Crippen MR) is 56.7 cm³/mol. The molecular formula is C10H13NO2S. The van der Waals surface area contributed by atoms with Gasteiger partial charge >= 0.3 is 0 Å². The Kier molecular flexibility index (Phi) is 3.41. The number of carbonyl (C=O) groups excluding carboxylic acids is 1. The number of amides is 1. The van der Waals surface area contributed by atoms with Gasteiger partial charge in [-0.15, -0.1) is 0 Å². The summed E-state index contributed by atoms with van der Waals surface area (Å²) in [5.41, 5.74) is 6.49. The molecule has 1 rings (SSSR count). The molecule has 4 heteroatoms. The van der Waals surface area contributed by atoms with E-state index in [9.17, 15) is 9.00 Å². The summed E-state index contributed by atoms with van der Waals surface area (Å²) >= 11 is 0. The Bertz CT molecular complexity index is 355. The molecule has 1 unspecified atom stereocenters. The SMILES string of the molecule is CCc1c(C(N)=O)cccc1S(C)=O. The first-order valence-electron chi connectivity index (χ1n) is 4.33. The van der Waals surface area contributed by atoms with Crippen LogP contribution in [0.5, 0.6) is 0 Å². The molecule has 0 saturated carbocycles. The quantitative estimate of drug-likeness (QED) is 0.813. The lowest BCUT2D eigenvalue weighted by atomic mass is 10.1. The summed E-state index contributed by atoms with van der Waals surface area (Å²) in [7, 11) is -1.07. The van der Waals surface area contributed by atoms with E-state index in [2.05, 4.69) is 0 Å². The van der Waals surface area contributed by atoms with Crippen LogP contribution in [0, 0.1) is 0 Å². The highest BCUT2D eigenvalue weighted by Crippen LogP contribution is 2.18. The Balaban J connectivity index is 3.39. The van der Waals surface area contributed by atoms with E-state index in [1.807, 2.05) is 6.92 Å². The van der Waals surface area contributed by atoms with Crippen molar-refractivity contribution < 1.29 is 9.00 Å². The lowest BCUT2D eigenvalue weighted by Crippen LogP contribution is -2.15. The minimum atomic E-state index is -1.07. The van der Waals surface area contributed by atoms with Crippen LogP contribution < -0.4 is 5.73 Å². The van der Waals surface area contributed by atoms with Gasteiger partial charge < -0.3 is 5.73 Å². The Hall–Kier alpha value is -1.16. The van der Waals surface area contributed by atoms with Gasteiger partial charge in [-0.1, -0.05) is 13.0 Å². The van der Waals surface area contributed by atoms with Crippen LogP contribution in [0.3, 0.4) is 0 Å². The van der Waals surface area contributed by atoms with E-state index in [1.54, 1.807) is 24.5 Å². The van der Waals surface area contributed by atoms with Gasteiger partial charge in [-0.2, -0.15) is 0 Å². The normalized spacial score (nSPS) is 12.4. The van der Waals surface area contributed by atoms with E-state index in [4.69, 9.17) is 5.73 Å². The van der Waals surface area contributed by atoms with Crippen molar-refractivity contribution in [1.82, 2.24) is 0 Å². The number of nitrogens with two attached hydrogens (primary N) is 1. The summed E-state index contributed by atoms with van der Waals surface area (Å²) in [5, 5.41) is 0. The molecule has 1 atom stereocenters. The number of hydrogen-bond donors (Lipinski definition) is 1. The molecule has 1 amide bonds. The van der Waals surface area contributed by atoms with Crippen LogP contribution in [0.4, 0.5) is 0 Å². The van der Waals surface area contributed by atoms with Gasteiger partial charge in [0.2, 0.25) is 5.91 Å². The molecule has 0 heterocycles. The van der Waals surface area contributed by atoms with Crippen molar-refractivity contribution in [3.63, 3.8) is 0 Å². The van der Waals surface area contributed by atoms with Crippen LogP contribution in [-0.2, 0) is 17.2 Å². The molecule has 0 saturated heterocycles. The molecule has 0 radical (unpaired) electrons. The van der Waals surface area contributed by atoms with Gasteiger partial charge in [-0.05, 0) is 24.1 Å². The molecule has 0 spiro atoms. The number of carbonyl (C=O) groups is 1. The van der Waals surface area contributed by atoms with Crippen LogP contribution in [0.1, 0.15) is 22.8 Å². The van der Waals surface area contributed by atoms with Gasteiger partial charge in [0.15, 0.2) is 0 Å². The molecule has 2 N–H and O–H groups in total. The minimum absolute atomic E-state index is 0.464. The zero-order valence-corrected chi connectivity index (χ0v) is 9.06. The monoisotopic (exact) mass is 211 g/mol. The van der Waals surface area contributed by atoms with Crippen LogP contribution >= 0.6 is 0 Å². The first-order valence-corrected chi connectivity index (χ1v) is 5.88. The molecule has 0 fully saturated rings. The summed E-state index contributed by atoms with van der Waals surface area (Å²) in [6.45, 7) is 1.91. The average Bonchev–Trinajstić information content (AvgIpc) is 2.16. The van der Waals surface area contributed by atoms with Gasteiger partial charge in [0.25, 0.3) is 0 Å². The fraction of sp³-hybridized carbons (Fsp3) is 0.300. The predicted octanol–water partition coefficient (Wildman–Crippen LogP) is 1.09. The second-order valence-corrected chi connectivity index (χ2v) is 4.30. The van der Waals surface area contributed by atoms with Gasteiger partial charge in [-0.3, -0.25) is 9.00 Å².